The minimum absolute atomic E-state index is 0.466. The zero-order valence-corrected chi connectivity index (χ0v) is 13.5. The molecular weight excluding hydrogens is 318 g/mol. The lowest BCUT2D eigenvalue weighted by Gasteiger charge is -2.15. The normalized spacial score (nSPS) is 12.6. The fourth-order valence-electron chi connectivity index (χ4n) is 2.23. The lowest BCUT2D eigenvalue weighted by atomic mass is 9.96. The summed E-state index contributed by atoms with van der Waals surface area (Å²) in [6.45, 7) is 4.06. The zero-order chi connectivity index (χ0) is 14.4. The molecule has 0 amide bonds. The predicted octanol–water partition coefficient (Wildman–Crippen LogP) is 1.98. The molecule has 0 fully saturated rings. The zero-order valence-electron chi connectivity index (χ0n) is 11.9. The number of nitrogens with one attached hydrogen (secondary N) is 1. The van der Waals surface area contributed by atoms with Crippen molar-refractivity contribution in [1.82, 2.24) is 25.5 Å². The van der Waals surface area contributed by atoms with Crippen LogP contribution >= 0.6 is 15.9 Å². The second-order valence-electron chi connectivity index (χ2n) is 4.91. The Kier molecular flexibility index (Phi) is 5.67. The average Bonchev–Trinajstić information content (AvgIpc) is 2.81. The number of halogens is 1. The molecule has 2 rings (SSSR count). The van der Waals surface area contributed by atoms with E-state index in [-0.39, 0.29) is 0 Å². The maximum absolute atomic E-state index is 4.28. The van der Waals surface area contributed by atoms with Crippen LogP contribution in [0.1, 0.15) is 18.3 Å². The van der Waals surface area contributed by atoms with Crippen molar-refractivity contribution in [1.29, 1.82) is 0 Å². The van der Waals surface area contributed by atoms with Gasteiger partial charge in [0.05, 0.1) is 7.05 Å². The van der Waals surface area contributed by atoms with Crippen molar-refractivity contribution in [2.24, 2.45) is 13.0 Å². The first-order valence-corrected chi connectivity index (χ1v) is 7.64. The van der Waals surface area contributed by atoms with Crippen LogP contribution in [0.15, 0.2) is 28.7 Å². The van der Waals surface area contributed by atoms with E-state index in [1.165, 1.54) is 10.4 Å². The van der Waals surface area contributed by atoms with Crippen LogP contribution in [-0.2, 0) is 19.9 Å². The van der Waals surface area contributed by atoms with Crippen LogP contribution in [0, 0.1) is 5.92 Å². The molecular formula is C14H20BrN5. The number of benzene rings is 1. The maximum Gasteiger partial charge on any atom is 0.175 e. The summed E-state index contributed by atoms with van der Waals surface area (Å²) < 4.78 is 1.12. The Hall–Kier alpha value is -1.27. The Morgan fingerprint density at radius 1 is 1.35 bits per heavy atom. The van der Waals surface area contributed by atoms with Crippen molar-refractivity contribution in [3.8, 4) is 0 Å². The predicted molar refractivity (Wildman–Crippen MR) is 82.4 cm³/mol. The van der Waals surface area contributed by atoms with E-state index in [1.807, 2.05) is 6.07 Å². The minimum atomic E-state index is 0.466. The number of hydrogen-bond donors (Lipinski definition) is 1. The fraction of sp³-hybridized carbons (Fsp3) is 0.500. The molecule has 0 saturated carbocycles. The molecule has 5 nitrogen and oxygen atoms in total. The topological polar surface area (TPSA) is 55.6 Å². The lowest BCUT2D eigenvalue weighted by molar-refractivity contribution is 0.467. The molecule has 2 aromatic rings. The van der Waals surface area contributed by atoms with Gasteiger partial charge in [0.1, 0.15) is 0 Å². The van der Waals surface area contributed by atoms with E-state index in [4.69, 9.17) is 0 Å². The van der Waals surface area contributed by atoms with Crippen LogP contribution in [0.4, 0.5) is 0 Å². The van der Waals surface area contributed by atoms with Crippen LogP contribution < -0.4 is 5.32 Å². The third-order valence-electron chi connectivity index (χ3n) is 3.12. The van der Waals surface area contributed by atoms with Gasteiger partial charge in [-0.1, -0.05) is 35.0 Å². The third kappa shape index (κ3) is 4.68. The highest BCUT2D eigenvalue weighted by molar-refractivity contribution is 9.10. The summed E-state index contributed by atoms with van der Waals surface area (Å²) in [5, 5.41) is 15.7. The summed E-state index contributed by atoms with van der Waals surface area (Å²) >= 11 is 3.52. The second kappa shape index (κ2) is 7.50. The van der Waals surface area contributed by atoms with Gasteiger partial charge in [0.25, 0.3) is 0 Å². The van der Waals surface area contributed by atoms with Gasteiger partial charge in [-0.2, -0.15) is 4.80 Å². The number of aryl methyl sites for hydroxylation is 1. The molecule has 1 heterocycles. The summed E-state index contributed by atoms with van der Waals surface area (Å²) in [6, 6.07) is 8.45. The van der Waals surface area contributed by atoms with Crippen molar-refractivity contribution in [2.75, 3.05) is 13.1 Å². The van der Waals surface area contributed by atoms with Crippen LogP contribution in [0.3, 0.4) is 0 Å². The molecule has 108 valence electrons. The van der Waals surface area contributed by atoms with Gasteiger partial charge in [0, 0.05) is 10.9 Å². The van der Waals surface area contributed by atoms with Crippen molar-refractivity contribution < 1.29 is 0 Å². The Morgan fingerprint density at radius 3 is 2.85 bits per heavy atom. The van der Waals surface area contributed by atoms with Crippen LogP contribution in [0.5, 0.6) is 0 Å². The van der Waals surface area contributed by atoms with Crippen LogP contribution in [-0.4, -0.2) is 33.3 Å². The Labute approximate surface area is 127 Å². The highest BCUT2D eigenvalue weighted by atomic mass is 79.9. The van der Waals surface area contributed by atoms with E-state index in [2.05, 4.69) is 61.8 Å². The molecule has 0 spiro atoms. The number of rotatable bonds is 7. The molecule has 0 aliphatic rings. The molecule has 0 saturated heterocycles. The molecule has 0 bridgehead atoms. The number of tetrazole rings is 1. The molecule has 1 unspecified atom stereocenters. The smallest absolute Gasteiger partial charge is 0.175 e. The minimum Gasteiger partial charge on any atom is -0.317 e. The average molecular weight is 338 g/mol. The van der Waals surface area contributed by atoms with Crippen LogP contribution in [0.2, 0.25) is 0 Å². The van der Waals surface area contributed by atoms with E-state index in [0.717, 1.165) is 36.2 Å². The van der Waals surface area contributed by atoms with Gasteiger partial charge in [-0.25, -0.2) is 0 Å². The van der Waals surface area contributed by atoms with E-state index in [1.54, 1.807) is 7.05 Å². The maximum atomic E-state index is 4.28. The molecule has 0 radical (unpaired) electrons. The van der Waals surface area contributed by atoms with Crippen molar-refractivity contribution in [3.63, 3.8) is 0 Å². The quantitative estimate of drug-likeness (QED) is 0.839. The Bertz CT molecular complexity index is 540. The summed E-state index contributed by atoms with van der Waals surface area (Å²) in [6.07, 6.45) is 1.85. The Balaban J connectivity index is 2.02. The first kappa shape index (κ1) is 15.1. The van der Waals surface area contributed by atoms with E-state index in [0.29, 0.717) is 5.92 Å². The van der Waals surface area contributed by atoms with Crippen molar-refractivity contribution in [2.45, 2.75) is 19.8 Å². The first-order chi connectivity index (χ1) is 9.67. The molecule has 1 N–H and O–H groups in total. The molecule has 1 atom stereocenters. The number of hydrogen-bond acceptors (Lipinski definition) is 4. The summed E-state index contributed by atoms with van der Waals surface area (Å²) in [5.41, 5.74) is 1.33. The largest absolute Gasteiger partial charge is 0.317 e. The van der Waals surface area contributed by atoms with Gasteiger partial charge in [0.15, 0.2) is 5.82 Å². The molecule has 0 aliphatic heterocycles. The van der Waals surface area contributed by atoms with Gasteiger partial charge in [-0.15, -0.1) is 10.2 Å². The first-order valence-electron chi connectivity index (χ1n) is 6.85. The second-order valence-corrected chi connectivity index (χ2v) is 5.82. The lowest BCUT2D eigenvalue weighted by Crippen LogP contribution is -2.26. The van der Waals surface area contributed by atoms with Gasteiger partial charge < -0.3 is 5.32 Å². The van der Waals surface area contributed by atoms with Crippen molar-refractivity contribution in [3.05, 3.63) is 40.1 Å². The van der Waals surface area contributed by atoms with Gasteiger partial charge in [-0.05, 0) is 48.3 Å². The highest BCUT2D eigenvalue weighted by Crippen LogP contribution is 2.16. The molecule has 20 heavy (non-hydrogen) atoms. The van der Waals surface area contributed by atoms with E-state index < -0.39 is 0 Å². The molecule has 1 aromatic carbocycles. The van der Waals surface area contributed by atoms with Gasteiger partial charge >= 0.3 is 0 Å². The summed E-state index contributed by atoms with van der Waals surface area (Å²) in [5.74, 6) is 1.28. The third-order valence-corrected chi connectivity index (χ3v) is 3.61. The van der Waals surface area contributed by atoms with Crippen LogP contribution in [0.25, 0.3) is 0 Å². The molecule has 0 aliphatic carbocycles. The standard InChI is InChI=1S/C14H20BrN5/c1-3-16-10-12(9-14-17-19-20(2)18-14)7-11-5-4-6-13(15)8-11/h4-6,8,12,16H,3,7,9-10H2,1-2H3. The van der Waals surface area contributed by atoms with Gasteiger partial charge in [-0.3, -0.25) is 0 Å². The van der Waals surface area contributed by atoms with E-state index >= 15 is 0 Å². The van der Waals surface area contributed by atoms with Gasteiger partial charge in [0.2, 0.25) is 0 Å². The molecule has 1 aromatic heterocycles. The summed E-state index contributed by atoms with van der Waals surface area (Å²) in [7, 11) is 1.80. The number of aromatic nitrogens is 4. The van der Waals surface area contributed by atoms with E-state index in [9.17, 15) is 0 Å². The SMILES string of the molecule is CCNCC(Cc1cccc(Br)c1)Cc1nnn(C)n1. The molecule has 6 heteroatoms. The summed E-state index contributed by atoms with van der Waals surface area (Å²) in [4.78, 5) is 1.51. The van der Waals surface area contributed by atoms with Crippen molar-refractivity contribution >= 4 is 15.9 Å². The number of nitrogens with zero attached hydrogens (tertiary/aromatic N) is 4. The highest BCUT2D eigenvalue weighted by Gasteiger charge is 2.14. The Morgan fingerprint density at radius 2 is 2.20 bits per heavy atom. The monoisotopic (exact) mass is 337 g/mol. The fourth-order valence-corrected chi connectivity index (χ4v) is 2.67.